The maximum Gasteiger partial charge on any atom is 0.172 e. The number of hydrogen-bond acceptors (Lipinski definition) is 6. The molecule has 0 amide bonds. The van der Waals surface area contributed by atoms with Gasteiger partial charge in [-0.3, -0.25) is 9.88 Å². The minimum absolute atomic E-state index is 0.478. The standard InChI is InChI=1S/C32H29ClN6S/c1-38-15-12-35-32(38)40-30-11-9-26(18-28(30)33)37-31-25(19-34)20-36-29-17-24(8-10-27(29)31)23-7-5-6-22(16-23)21-39-13-3-2-4-14-39/h5-12,15-18,20H,2-4,13-14,21H2,1H3,(H,36,37). The number of pyridine rings is 1. The molecule has 3 aromatic carbocycles. The van der Waals surface area contributed by atoms with Gasteiger partial charge >= 0.3 is 0 Å². The van der Waals surface area contributed by atoms with Crippen LogP contribution in [0.5, 0.6) is 0 Å². The van der Waals surface area contributed by atoms with Crippen molar-refractivity contribution in [3.63, 3.8) is 0 Å². The van der Waals surface area contributed by atoms with Crippen molar-refractivity contribution in [3.05, 3.63) is 95.4 Å². The molecule has 0 unspecified atom stereocenters. The molecule has 1 N–H and O–H groups in total. The maximum absolute atomic E-state index is 9.85. The van der Waals surface area contributed by atoms with E-state index in [0.29, 0.717) is 10.6 Å². The van der Waals surface area contributed by atoms with Gasteiger partial charge in [0.05, 0.1) is 21.8 Å². The average Bonchev–Trinajstić information content (AvgIpc) is 3.39. The van der Waals surface area contributed by atoms with Crippen LogP contribution in [0.1, 0.15) is 30.4 Å². The van der Waals surface area contributed by atoms with Gasteiger partial charge in [-0.2, -0.15) is 5.26 Å². The van der Waals surface area contributed by atoms with E-state index >= 15 is 0 Å². The van der Waals surface area contributed by atoms with E-state index in [1.807, 2.05) is 42.1 Å². The van der Waals surface area contributed by atoms with Gasteiger partial charge in [-0.15, -0.1) is 0 Å². The number of aryl methyl sites for hydroxylation is 1. The summed E-state index contributed by atoms with van der Waals surface area (Å²) in [7, 11) is 1.95. The van der Waals surface area contributed by atoms with Crippen LogP contribution in [-0.4, -0.2) is 32.5 Å². The highest BCUT2D eigenvalue weighted by Crippen LogP contribution is 2.36. The summed E-state index contributed by atoms with van der Waals surface area (Å²) >= 11 is 8.15. The summed E-state index contributed by atoms with van der Waals surface area (Å²) < 4.78 is 1.95. The minimum atomic E-state index is 0.478. The lowest BCUT2D eigenvalue weighted by Crippen LogP contribution is -2.29. The van der Waals surface area contributed by atoms with Crippen molar-refractivity contribution >= 4 is 45.6 Å². The first-order chi connectivity index (χ1) is 19.6. The van der Waals surface area contributed by atoms with Gasteiger partial charge in [0, 0.05) is 48.2 Å². The molecule has 0 spiro atoms. The summed E-state index contributed by atoms with van der Waals surface area (Å²) in [5.74, 6) is 0. The fraction of sp³-hybridized carbons (Fsp3) is 0.219. The second kappa shape index (κ2) is 11.7. The van der Waals surface area contributed by atoms with Crippen LogP contribution in [0.15, 0.2) is 89.3 Å². The highest BCUT2D eigenvalue weighted by atomic mass is 35.5. The van der Waals surface area contributed by atoms with E-state index < -0.39 is 0 Å². The zero-order chi connectivity index (χ0) is 27.5. The molecule has 200 valence electrons. The van der Waals surface area contributed by atoms with Crippen molar-refractivity contribution in [2.75, 3.05) is 18.4 Å². The fourth-order valence-corrected chi connectivity index (χ4v) is 6.28. The highest BCUT2D eigenvalue weighted by molar-refractivity contribution is 7.99. The molecule has 6 nitrogen and oxygen atoms in total. The second-order valence-electron chi connectivity index (χ2n) is 10.1. The topological polar surface area (TPSA) is 69.8 Å². The Balaban J connectivity index is 1.27. The van der Waals surface area contributed by atoms with Crippen LogP contribution in [0, 0.1) is 11.3 Å². The van der Waals surface area contributed by atoms with Crippen LogP contribution in [0.25, 0.3) is 22.0 Å². The number of anilines is 2. The van der Waals surface area contributed by atoms with Gasteiger partial charge in [0.25, 0.3) is 0 Å². The first kappa shape index (κ1) is 26.4. The Morgan fingerprint density at radius 2 is 1.85 bits per heavy atom. The fourth-order valence-electron chi connectivity index (χ4n) is 5.17. The highest BCUT2D eigenvalue weighted by Gasteiger charge is 2.14. The Labute approximate surface area is 243 Å². The van der Waals surface area contributed by atoms with Crippen LogP contribution in [0.2, 0.25) is 5.02 Å². The lowest BCUT2D eigenvalue weighted by molar-refractivity contribution is 0.221. The molecule has 1 fully saturated rings. The molecule has 2 aromatic heterocycles. The Morgan fingerprint density at radius 3 is 2.62 bits per heavy atom. The lowest BCUT2D eigenvalue weighted by atomic mass is 9.99. The summed E-state index contributed by atoms with van der Waals surface area (Å²) in [6.45, 7) is 3.34. The number of nitrogens with one attached hydrogen (secondary N) is 1. The third kappa shape index (κ3) is 5.71. The lowest BCUT2D eigenvalue weighted by Gasteiger charge is -2.26. The summed E-state index contributed by atoms with van der Waals surface area (Å²) in [5, 5.41) is 15.6. The predicted molar refractivity (Wildman–Crippen MR) is 163 cm³/mol. The molecule has 0 aliphatic carbocycles. The Hall–Kier alpha value is -3.83. The van der Waals surface area contributed by atoms with Crippen molar-refractivity contribution in [2.45, 2.75) is 35.9 Å². The van der Waals surface area contributed by atoms with Gasteiger partial charge in [0.15, 0.2) is 5.16 Å². The predicted octanol–water partition coefficient (Wildman–Crippen LogP) is 8.04. The van der Waals surface area contributed by atoms with Crippen LogP contribution >= 0.6 is 23.4 Å². The molecule has 0 saturated carbocycles. The van der Waals surface area contributed by atoms with Crippen LogP contribution in [-0.2, 0) is 13.6 Å². The Bertz CT molecular complexity index is 1720. The van der Waals surface area contributed by atoms with Gasteiger partial charge in [0.1, 0.15) is 6.07 Å². The van der Waals surface area contributed by atoms with Crippen molar-refractivity contribution in [2.24, 2.45) is 7.05 Å². The Kier molecular flexibility index (Phi) is 7.74. The van der Waals surface area contributed by atoms with Crippen molar-refractivity contribution in [1.29, 1.82) is 5.26 Å². The monoisotopic (exact) mass is 564 g/mol. The number of imidazole rings is 1. The molecule has 1 aliphatic rings. The number of rotatable bonds is 7. The number of likely N-dealkylation sites (tertiary alicyclic amines) is 1. The third-order valence-electron chi connectivity index (χ3n) is 7.28. The number of piperidine rings is 1. The molecule has 1 saturated heterocycles. The zero-order valence-electron chi connectivity index (χ0n) is 22.3. The molecule has 0 atom stereocenters. The van der Waals surface area contributed by atoms with Gasteiger partial charge in [0.2, 0.25) is 0 Å². The van der Waals surface area contributed by atoms with Crippen molar-refractivity contribution < 1.29 is 0 Å². The molecular formula is C32H29ClN6S. The number of hydrogen-bond donors (Lipinski definition) is 1. The van der Waals surface area contributed by atoms with Crippen LogP contribution in [0.4, 0.5) is 11.4 Å². The molecule has 5 aromatic rings. The zero-order valence-corrected chi connectivity index (χ0v) is 23.8. The van der Waals surface area contributed by atoms with E-state index in [9.17, 15) is 5.26 Å². The van der Waals surface area contributed by atoms with E-state index in [-0.39, 0.29) is 0 Å². The number of aromatic nitrogens is 3. The van der Waals surface area contributed by atoms with Crippen LogP contribution in [0.3, 0.4) is 0 Å². The molecule has 3 heterocycles. The number of nitrogens with zero attached hydrogens (tertiary/aromatic N) is 5. The smallest absolute Gasteiger partial charge is 0.172 e. The first-order valence-electron chi connectivity index (χ1n) is 13.4. The molecule has 1 aliphatic heterocycles. The van der Waals surface area contributed by atoms with Crippen molar-refractivity contribution in [3.8, 4) is 17.2 Å². The van der Waals surface area contributed by atoms with E-state index in [2.05, 4.69) is 62.7 Å². The molecule has 6 rings (SSSR count). The summed E-state index contributed by atoms with van der Waals surface area (Å²) in [4.78, 5) is 12.4. The molecule has 0 bridgehead atoms. The summed E-state index contributed by atoms with van der Waals surface area (Å²) in [6, 6.07) is 23.1. The molecule has 8 heteroatoms. The number of benzene rings is 3. The van der Waals surface area contributed by atoms with E-state index in [1.165, 1.54) is 55.2 Å². The summed E-state index contributed by atoms with van der Waals surface area (Å²) in [5.41, 5.74) is 6.43. The molecule has 40 heavy (non-hydrogen) atoms. The average molecular weight is 565 g/mol. The third-order valence-corrected chi connectivity index (χ3v) is 8.86. The minimum Gasteiger partial charge on any atom is -0.354 e. The number of halogens is 1. The number of nitriles is 1. The van der Waals surface area contributed by atoms with Gasteiger partial charge in [-0.05, 0) is 73.0 Å². The van der Waals surface area contributed by atoms with Gasteiger partial charge in [-0.25, -0.2) is 4.98 Å². The molecule has 0 radical (unpaired) electrons. The van der Waals surface area contributed by atoms with Crippen molar-refractivity contribution in [1.82, 2.24) is 19.4 Å². The maximum atomic E-state index is 9.85. The second-order valence-corrected chi connectivity index (χ2v) is 11.5. The van der Waals surface area contributed by atoms with Crippen LogP contribution < -0.4 is 5.32 Å². The SMILES string of the molecule is Cn1ccnc1Sc1ccc(Nc2c(C#N)cnc3cc(-c4cccc(CN5CCCCC5)c4)ccc23)cc1Cl. The molecular weight excluding hydrogens is 536 g/mol. The van der Waals surface area contributed by atoms with Gasteiger partial charge < -0.3 is 9.88 Å². The number of fused-ring (bicyclic) bond motifs is 1. The van der Waals surface area contributed by atoms with E-state index in [1.54, 1.807) is 12.4 Å². The largest absolute Gasteiger partial charge is 0.354 e. The quantitative estimate of drug-likeness (QED) is 0.216. The summed E-state index contributed by atoms with van der Waals surface area (Å²) in [6.07, 6.45) is 9.22. The van der Waals surface area contributed by atoms with Gasteiger partial charge in [-0.1, -0.05) is 60.1 Å². The van der Waals surface area contributed by atoms with E-state index in [4.69, 9.17) is 11.6 Å². The first-order valence-corrected chi connectivity index (χ1v) is 14.6. The Morgan fingerprint density at radius 1 is 1.00 bits per heavy atom. The normalized spacial score (nSPS) is 13.8. The van der Waals surface area contributed by atoms with E-state index in [0.717, 1.165) is 44.4 Å².